The summed E-state index contributed by atoms with van der Waals surface area (Å²) in [5.41, 5.74) is 16.9. The number of nitrogens with zero attached hydrogens (tertiary/aromatic N) is 3. The van der Waals surface area contributed by atoms with Gasteiger partial charge in [0.05, 0.1) is 11.0 Å². The van der Waals surface area contributed by atoms with Crippen molar-refractivity contribution in [2.75, 3.05) is 4.90 Å². The number of benzene rings is 7. The molecule has 0 aliphatic heterocycles. The van der Waals surface area contributed by atoms with Gasteiger partial charge in [0.15, 0.2) is 0 Å². The van der Waals surface area contributed by atoms with Crippen LogP contribution in [0.1, 0.15) is 25.0 Å². The van der Waals surface area contributed by atoms with Crippen LogP contribution >= 0.6 is 0 Å². The fraction of sp³-hybridized carbons (Fsp3) is 0.0600. The highest BCUT2D eigenvalue weighted by Gasteiger charge is 2.35. The second kappa shape index (κ2) is 12.2. The highest BCUT2D eigenvalue weighted by Crippen LogP contribution is 2.50. The maximum Gasteiger partial charge on any atom is 0.0571 e. The van der Waals surface area contributed by atoms with E-state index in [1.54, 1.807) is 0 Å². The van der Waals surface area contributed by atoms with Gasteiger partial charge in [-0.1, -0.05) is 129 Å². The van der Waals surface area contributed by atoms with Gasteiger partial charge in [-0.25, -0.2) is 0 Å². The third-order valence-corrected chi connectivity index (χ3v) is 11.1. The first kappa shape index (κ1) is 31.1. The predicted octanol–water partition coefficient (Wildman–Crippen LogP) is 13.3. The van der Waals surface area contributed by atoms with E-state index in [-0.39, 0.29) is 5.41 Å². The van der Waals surface area contributed by atoms with Crippen molar-refractivity contribution in [1.82, 2.24) is 9.55 Å². The summed E-state index contributed by atoms with van der Waals surface area (Å²) in [7, 11) is 0. The lowest BCUT2D eigenvalue weighted by Crippen LogP contribution is -2.16. The van der Waals surface area contributed by atoms with Gasteiger partial charge in [0.1, 0.15) is 0 Å². The van der Waals surface area contributed by atoms with E-state index in [0.717, 1.165) is 33.7 Å². The van der Waals surface area contributed by atoms with E-state index in [1.165, 1.54) is 55.4 Å². The number of para-hydroxylation sites is 1. The number of fused-ring (bicyclic) bond motifs is 6. The first-order chi connectivity index (χ1) is 26.0. The van der Waals surface area contributed by atoms with Crippen molar-refractivity contribution in [2.24, 2.45) is 0 Å². The molecule has 7 aromatic carbocycles. The predicted molar refractivity (Wildman–Crippen MR) is 222 cm³/mol. The molecule has 1 aliphatic carbocycles. The maximum atomic E-state index is 4.44. The van der Waals surface area contributed by atoms with E-state index in [9.17, 15) is 0 Å². The topological polar surface area (TPSA) is 21.1 Å². The Balaban J connectivity index is 1.06. The Morgan fingerprint density at radius 3 is 1.85 bits per heavy atom. The van der Waals surface area contributed by atoms with E-state index in [1.807, 2.05) is 12.4 Å². The summed E-state index contributed by atoms with van der Waals surface area (Å²) in [6.07, 6.45) is 3.85. The lowest BCUT2D eigenvalue weighted by atomic mass is 9.82. The molecule has 0 saturated carbocycles. The number of pyridine rings is 1. The van der Waals surface area contributed by atoms with Gasteiger partial charge in [-0.05, 0) is 105 Å². The summed E-state index contributed by atoms with van der Waals surface area (Å²) >= 11 is 0. The SMILES string of the molecule is CC1(C)c2ccccc2-c2ccc(N(c3ccc(-c4ccccc4)cc3)c3ccc(-c4cccc(-n5c6ccccc6c6cnccc65)c4)cc3)cc21. The number of rotatable bonds is 6. The van der Waals surface area contributed by atoms with E-state index >= 15 is 0 Å². The van der Waals surface area contributed by atoms with Crippen LogP contribution in [-0.4, -0.2) is 9.55 Å². The van der Waals surface area contributed by atoms with Crippen molar-refractivity contribution in [3.63, 3.8) is 0 Å². The molecule has 2 heterocycles. The van der Waals surface area contributed by atoms with Crippen LogP contribution in [0.25, 0.3) is 60.9 Å². The minimum atomic E-state index is -0.0907. The summed E-state index contributed by atoms with van der Waals surface area (Å²) in [5.74, 6) is 0. The average Bonchev–Trinajstić information content (AvgIpc) is 3.67. The molecule has 2 aromatic heterocycles. The van der Waals surface area contributed by atoms with Crippen molar-refractivity contribution in [3.05, 3.63) is 199 Å². The monoisotopic (exact) mass is 679 g/mol. The Morgan fingerprint density at radius 1 is 0.453 bits per heavy atom. The molecule has 0 saturated heterocycles. The van der Waals surface area contributed by atoms with Gasteiger partial charge >= 0.3 is 0 Å². The lowest BCUT2D eigenvalue weighted by molar-refractivity contribution is 0.660. The molecular formula is C50H37N3. The van der Waals surface area contributed by atoms with E-state index in [4.69, 9.17) is 0 Å². The minimum Gasteiger partial charge on any atom is -0.310 e. The van der Waals surface area contributed by atoms with E-state index < -0.39 is 0 Å². The summed E-state index contributed by atoms with van der Waals surface area (Å²) in [4.78, 5) is 6.82. The van der Waals surface area contributed by atoms with E-state index in [2.05, 4.69) is 204 Å². The Morgan fingerprint density at radius 2 is 1.06 bits per heavy atom. The van der Waals surface area contributed by atoms with Crippen LogP contribution in [0.5, 0.6) is 0 Å². The third-order valence-electron chi connectivity index (χ3n) is 11.1. The first-order valence-electron chi connectivity index (χ1n) is 18.3. The van der Waals surface area contributed by atoms with Crippen LogP contribution in [0.2, 0.25) is 0 Å². The molecule has 252 valence electrons. The van der Waals surface area contributed by atoms with Gasteiger partial charge in [-0.2, -0.15) is 0 Å². The Labute approximate surface area is 310 Å². The van der Waals surface area contributed by atoms with Crippen LogP contribution < -0.4 is 4.90 Å². The second-order valence-corrected chi connectivity index (χ2v) is 14.5. The third kappa shape index (κ3) is 5.08. The molecule has 0 fully saturated rings. The van der Waals surface area contributed by atoms with Gasteiger partial charge in [0, 0.05) is 51.3 Å². The molecule has 0 spiro atoms. The number of aromatic nitrogens is 2. The fourth-order valence-corrected chi connectivity index (χ4v) is 8.43. The normalized spacial score (nSPS) is 12.9. The summed E-state index contributed by atoms with van der Waals surface area (Å²) < 4.78 is 2.35. The molecule has 9 aromatic rings. The molecule has 0 N–H and O–H groups in total. The Kier molecular flexibility index (Phi) is 7.16. The standard InChI is InChI=1S/C50H37N3/c1-50(2)46-17-8-6-15-42(46)43-28-27-41(32-47(43)50)52(38-23-19-35(20-24-38)34-11-4-3-5-12-34)39-25-21-36(22-26-39)37-13-10-14-40(31-37)53-48-18-9-7-16-44(48)45-33-51-30-29-49(45)53/h3-33H,1-2H3. The zero-order chi connectivity index (χ0) is 35.5. The van der Waals surface area contributed by atoms with Crippen LogP contribution in [-0.2, 0) is 5.41 Å². The molecule has 0 bridgehead atoms. The van der Waals surface area contributed by atoms with Crippen molar-refractivity contribution in [2.45, 2.75) is 19.3 Å². The Hall–Kier alpha value is -6.71. The molecule has 53 heavy (non-hydrogen) atoms. The number of anilines is 3. The quantitative estimate of drug-likeness (QED) is 0.174. The fourth-order valence-electron chi connectivity index (χ4n) is 8.43. The second-order valence-electron chi connectivity index (χ2n) is 14.5. The zero-order valence-corrected chi connectivity index (χ0v) is 29.7. The molecule has 0 radical (unpaired) electrons. The summed E-state index contributed by atoms with van der Waals surface area (Å²) in [6.45, 7) is 4.69. The van der Waals surface area contributed by atoms with Crippen molar-refractivity contribution in [3.8, 4) is 39.1 Å². The summed E-state index contributed by atoms with van der Waals surface area (Å²) in [5, 5.41) is 2.37. The molecule has 1 aliphatic rings. The highest BCUT2D eigenvalue weighted by molar-refractivity contribution is 6.08. The van der Waals surface area contributed by atoms with Gasteiger partial charge in [-0.15, -0.1) is 0 Å². The molecule has 3 nitrogen and oxygen atoms in total. The van der Waals surface area contributed by atoms with Gasteiger partial charge in [0.25, 0.3) is 0 Å². The first-order valence-corrected chi connectivity index (χ1v) is 18.3. The average molecular weight is 680 g/mol. The lowest BCUT2D eigenvalue weighted by Gasteiger charge is -2.28. The van der Waals surface area contributed by atoms with Crippen molar-refractivity contribution < 1.29 is 0 Å². The van der Waals surface area contributed by atoms with Crippen molar-refractivity contribution >= 4 is 38.9 Å². The van der Waals surface area contributed by atoms with Crippen LogP contribution in [0.4, 0.5) is 17.1 Å². The largest absolute Gasteiger partial charge is 0.310 e. The van der Waals surface area contributed by atoms with Gasteiger partial charge in [-0.3, -0.25) is 4.98 Å². The highest BCUT2D eigenvalue weighted by atomic mass is 15.1. The number of hydrogen-bond acceptors (Lipinski definition) is 2. The van der Waals surface area contributed by atoms with Gasteiger partial charge in [0.2, 0.25) is 0 Å². The minimum absolute atomic E-state index is 0.0907. The molecule has 0 amide bonds. The maximum absolute atomic E-state index is 4.44. The molecule has 10 rings (SSSR count). The van der Waals surface area contributed by atoms with Crippen LogP contribution in [0, 0.1) is 0 Å². The van der Waals surface area contributed by atoms with E-state index in [0.29, 0.717) is 0 Å². The van der Waals surface area contributed by atoms with Gasteiger partial charge < -0.3 is 9.47 Å². The molecule has 0 unspecified atom stereocenters. The van der Waals surface area contributed by atoms with Crippen molar-refractivity contribution in [1.29, 1.82) is 0 Å². The Bertz CT molecular complexity index is 2740. The molecule has 0 atom stereocenters. The number of hydrogen-bond donors (Lipinski definition) is 0. The van der Waals surface area contributed by atoms with Crippen LogP contribution in [0.3, 0.4) is 0 Å². The molecule has 3 heteroatoms. The summed E-state index contributed by atoms with van der Waals surface area (Å²) in [6, 6.07) is 63.9. The van der Waals surface area contributed by atoms with Crippen LogP contribution in [0.15, 0.2) is 188 Å². The smallest absolute Gasteiger partial charge is 0.0571 e. The molecular weight excluding hydrogens is 643 g/mol. The zero-order valence-electron chi connectivity index (χ0n) is 29.7.